The summed E-state index contributed by atoms with van der Waals surface area (Å²) in [5, 5.41) is 11.4. The van der Waals surface area contributed by atoms with E-state index in [2.05, 4.69) is 5.32 Å². The molecule has 0 aromatic heterocycles. The highest BCUT2D eigenvalue weighted by Gasteiger charge is 2.20. The Bertz CT molecular complexity index is 179. The van der Waals surface area contributed by atoms with Crippen molar-refractivity contribution in [2.24, 2.45) is 5.73 Å². The van der Waals surface area contributed by atoms with Gasteiger partial charge in [-0.3, -0.25) is 9.59 Å². The minimum Gasteiger partial charge on any atom is -0.391 e. The van der Waals surface area contributed by atoms with Crippen LogP contribution in [0.2, 0.25) is 0 Å². The van der Waals surface area contributed by atoms with E-state index in [1.54, 1.807) is 0 Å². The molecule has 0 spiro atoms. The fourth-order valence-electron chi connectivity index (χ4n) is 0.794. The molecule has 0 saturated carbocycles. The van der Waals surface area contributed by atoms with Crippen molar-refractivity contribution in [2.45, 2.75) is 26.0 Å². The first-order chi connectivity index (χ1) is 5.49. The average Bonchev–Trinajstić information content (AvgIpc) is 1.98. The van der Waals surface area contributed by atoms with E-state index in [-0.39, 0.29) is 12.3 Å². The zero-order chi connectivity index (χ0) is 9.72. The number of hydrogen-bond donors (Lipinski definition) is 3. The quantitative estimate of drug-likeness (QED) is 0.478. The van der Waals surface area contributed by atoms with E-state index in [0.29, 0.717) is 0 Å². The Morgan fingerprint density at radius 1 is 1.58 bits per heavy atom. The highest BCUT2D eigenvalue weighted by molar-refractivity contribution is 5.88. The van der Waals surface area contributed by atoms with Crippen LogP contribution in [0.1, 0.15) is 13.8 Å². The van der Waals surface area contributed by atoms with E-state index in [4.69, 9.17) is 10.8 Å². The Kier molecular flexibility index (Phi) is 4.46. The normalized spacial score (nSPS) is 15.0. The lowest BCUT2D eigenvalue weighted by molar-refractivity contribution is -0.128. The predicted molar refractivity (Wildman–Crippen MR) is 43.3 cm³/mol. The van der Waals surface area contributed by atoms with E-state index in [1.807, 2.05) is 0 Å². The number of aliphatic hydroxyl groups is 1. The molecule has 0 aromatic carbocycles. The maximum absolute atomic E-state index is 10.8. The molecule has 0 rings (SSSR count). The highest BCUT2D eigenvalue weighted by Crippen LogP contribution is 1.93. The maximum Gasteiger partial charge on any atom is 0.234 e. The summed E-state index contributed by atoms with van der Waals surface area (Å²) in [5.41, 5.74) is 5.02. The topological polar surface area (TPSA) is 92.4 Å². The molecule has 4 N–H and O–H groups in total. The van der Waals surface area contributed by atoms with Crippen molar-refractivity contribution in [1.82, 2.24) is 5.32 Å². The van der Waals surface area contributed by atoms with Crippen LogP contribution in [-0.2, 0) is 9.59 Å². The third-order valence-corrected chi connectivity index (χ3v) is 1.42. The van der Waals surface area contributed by atoms with Crippen molar-refractivity contribution in [3.63, 3.8) is 0 Å². The second kappa shape index (κ2) is 4.84. The van der Waals surface area contributed by atoms with Crippen LogP contribution in [0.15, 0.2) is 0 Å². The number of Topliss-reactive ketones (excluding diaryl/α,β-unsaturated/α-hetero) is 1. The smallest absolute Gasteiger partial charge is 0.234 e. The number of rotatable bonds is 4. The summed E-state index contributed by atoms with van der Waals surface area (Å²) >= 11 is 0. The third-order valence-electron chi connectivity index (χ3n) is 1.42. The van der Waals surface area contributed by atoms with Gasteiger partial charge in [-0.15, -0.1) is 0 Å². The molecular weight excluding hydrogens is 160 g/mol. The van der Waals surface area contributed by atoms with Crippen molar-refractivity contribution < 1.29 is 14.7 Å². The molecule has 0 fully saturated rings. The van der Waals surface area contributed by atoms with Gasteiger partial charge in [0, 0.05) is 0 Å². The number of hydrogen-bond acceptors (Lipinski definition) is 4. The van der Waals surface area contributed by atoms with Gasteiger partial charge in [0.1, 0.15) is 6.04 Å². The second-order valence-electron chi connectivity index (χ2n) is 2.60. The summed E-state index contributed by atoms with van der Waals surface area (Å²) in [6, 6.07) is -0.846. The van der Waals surface area contributed by atoms with Gasteiger partial charge in [-0.2, -0.15) is 0 Å². The lowest BCUT2D eigenvalue weighted by atomic mass is 10.1. The van der Waals surface area contributed by atoms with Crippen LogP contribution in [-0.4, -0.2) is 35.5 Å². The minimum atomic E-state index is -0.891. The van der Waals surface area contributed by atoms with Crippen molar-refractivity contribution in [3.05, 3.63) is 0 Å². The number of aliphatic hydroxyl groups excluding tert-OH is 1. The Hall–Kier alpha value is -0.940. The first kappa shape index (κ1) is 11.1. The molecule has 1 amide bonds. The number of nitrogens with two attached hydrogens (primary N) is 1. The Morgan fingerprint density at radius 2 is 2.08 bits per heavy atom. The average molecular weight is 174 g/mol. The van der Waals surface area contributed by atoms with Gasteiger partial charge in [-0.25, -0.2) is 0 Å². The first-order valence-corrected chi connectivity index (χ1v) is 3.67. The van der Waals surface area contributed by atoms with Crippen LogP contribution in [0.3, 0.4) is 0 Å². The van der Waals surface area contributed by atoms with Crippen LogP contribution in [0.25, 0.3) is 0 Å². The lowest BCUT2D eigenvalue weighted by Crippen LogP contribution is -2.48. The molecular formula is C7H14N2O3. The number of amides is 1. The van der Waals surface area contributed by atoms with Gasteiger partial charge in [0.25, 0.3) is 0 Å². The van der Waals surface area contributed by atoms with Gasteiger partial charge in [0.05, 0.1) is 12.6 Å². The lowest BCUT2D eigenvalue weighted by Gasteiger charge is -2.17. The number of carbonyl (C=O) groups excluding carboxylic acids is 2. The summed E-state index contributed by atoms with van der Waals surface area (Å²) in [7, 11) is 0. The Morgan fingerprint density at radius 3 is 2.33 bits per heavy atom. The summed E-state index contributed by atoms with van der Waals surface area (Å²) in [5.74, 6) is -0.733. The molecule has 0 saturated heterocycles. The summed E-state index contributed by atoms with van der Waals surface area (Å²) in [6.45, 7) is 2.55. The molecule has 0 radical (unpaired) electrons. The molecule has 12 heavy (non-hydrogen) atoms. The zero-order valence-electron chi connectivity index (χ0n) is 7.20. The maximum atomic E-state index is 10.8. The number of nitrogens with one attached hydrogen (secondary N) is 1. The van der Waals surface area contributed by atoms with Gasteiger partial charge in [-0.1, -0.05) is 0 Å². The van der Waals surface area contributed by atoms with Gasteiger partial charge in [-0.05, 0) is 13.8 Å². The standard InChI is InChI=1S/C7H14N2O3/c1-4(10)7(5(2)11)9-6(12)3-8/h4,7,10H,3,8H2,1-2H3,(H,9,12)/t4-,7?/m0/s1. The molecule has 0 aromatic rings. The first-order valence-electron chi connectivity index (χ1n) is 3.67. The molecule has 2 atom stereocenters. The van der Waals surface area contributed by atoms with Gasteiger partial charge >= 0.3 is 0 Å². The minimum absolute atomic E-state index is 0.184. The fraction of sp³-hybridized carbons (Fsp3) is 0.714. The molecule has 1 unspecified atom stereocenters. The largest absolute Gasteiger partial charge is 0.391 e. The summed E-state index contributed by atoms with van der Waals surface area (Å²) in [4.78, 5) is 21.6. The second-order valence-corrected chi connectivity index (χ2v) is 2.60. The summed E-state index contributed by atoms with van der Waals surface area (Å²) in [6.07, 6.45) is -0.891. The van der Waals surface area contributed by atoms with Crippen molar-refractivity contribution in [3.8, 4) is 0 Å². The molecule has 0 heterocycles. The van der Waals surface area contributed by atoms with Crippen LogP contribution >= 0.6 is 0 Å². The SMILES string of the molecule is CC(=O)C(NC(=O)CN)[C@H](C)O. The van der Waals surface area contributed by atoms with Crippen LogP contribution in [0.4, 0.5) is 0 Å². The van der Waals surface area contributed by atoms with E-state index < -0.39 is 18.1 Å². The van der Waals surface area contributed by atoms with Crippen LogP contribution in [0.5, 0.6) is 0 Å². The fourth-order valence-corrected chi connectivity index (χ4v) is 0.794. The van der Waals surface area contributed by atoms with Gasteiger partial charge in [0.2, 0.25) is 5.91 Å². The van der Waals surface area contributed by atoms with Gasteiger partial charge < -0.3 is 16.2 Å². The highest BCUT2D eigenvalue weighted by atomic mass is 16.3. The van der Waals surface area contributed by atoms with E-state index in [9.17, 15) is 9.59 Å². The monoisotopic (exact) mass is 174 g/mol. The molecule has 70 valence electrons. The van der Waals surface area contributed by atoms with Crippen LogP contribution < -0.4 is 11.1 Å². The molecule has 0 bridgehead atoms. The van der Waals surface area contributed by atoms with E-state index in [1.165, 1.54) is 13.8 Å². The van der Waals surface area contributed by atoms with Crippen molar-refractivity contribution >= 4 is 11.7 Å². The number of ketones is 1. The molecule has 0 aliphatic heterocycles. The molecule has 0 aliphatic rings. The number of carbonyl (C=O) groups is 2. The Balaban J connectivity index is 4.14. The van der Waals surface area contributed by atoms with Gasteiger partial charge in [0.15, 0.2) is 5.78 Å². The summed E-state index contributed by atoms with van der Waals surface area (Å²) < 4.78 is 0. The molecule has 0 aliphatic carbocycles. The zero-order valence-corrected chi connectivity index (χ0v) is 7.20. The third kappa shape index (κ3) is 3.45. The van der Waals surface area contributed by atoms with Crippen molar-refractivity contribution in [1.29, 1.82) is 0 Å². The van der Waals surface area contributed by atoms with Crippen LogP contribution in [0, 0.1) is 0 Å². The molecule has 5 nitrogen and oxygen atoms in total. The van der Waals surface area contributed by atoms with E-state index >= 15 is 0 Å². The molecule has 5 heteroatoms. The van der Waals surface area contributed by atoms with E-state index in [0.717, 1.165) is 0 Å². The van der Waals surface area contributed by atoms with Crippen molar-refractivity contribution in [2.75, 3.05) is 6.54 Å². The predicted octanol–water partition coefficient (Wildman–Crippen LogP) is -1.60. The Labute approximate surface area is 70.9 Å².